The van der Waals surface area contributed by atoms with Crippen LogP contribution in [0.3, 0.4) is 0 Å². The molecule has 2 saturated carbocycles. The third-order valence-electron chi connectivity index (χ3n) is 5.17. The highest BCUT2D eigenvalue weighted by molar-refractivity contribution is 9.09. The second-order valence-electron chi connectivity index (χ2n) is 7.61. The molecule has 2 aliphatic rings. The summed E-state index contributed by atoms with van der Waals surface area (Å²) in [6.07, 6.45) is 5.21. The maximum Gasteiger partial charge on any atom is 0.101 e. The van der Waals surface area contributed by atoms with E-state index in [2.05, 4.69) is 36.4 Å². The fourth-order valence-electron chi connectivity index (χ4n) is 3.52. The van der Waals surface area contributed by atoms with Crippen LogP contribution in [0.2, 0.25) is 0 Å². The Morgan fingerprint density at radius 3 is 2.74 bits per heavy atom. The minimum absolute atomic E-state index is 0.00807. The Morgan fingerprint density at radius 1 is 1.52 bits per heavy atom. The Bertz CT molecular complexity index is 468. The van der Waals surface area contributed by atoms with Gasteiger partial charge in [0.15, 0.2) is 0 Å². The first-order valence-electron chi connectivity index (χ1n) is 8.66. The average Bonchev–Trinajstić information content (AvgIpc) is 3.16. The Kier molecular flexibility index (Phi) is 6.31. The van der Waals surface area contributed by atoms with Gasteiger partial charge in [0, 0.05) is 28.9 Å². The van der Waals surface area contributed by atoms with Crippen LogP contribution in [0.15, 0.2) is 17.3 Å². The highest BCUT2D eigenvalue weighted by Crippen LogP contribution is 2.45. The van der Waals surface area contributed by atoms with E-state index in [9.17, 15) is 0 Å². The van der Waals surface area contributed by atoms with Crippen LogP contribution in [0.1, 0.15) is 52.9 Å². The van der Waals surface area contributed by atoms with Crippen molar-refractivity contribution in [3.05, 3.63) is 12.3 Å². The molecular weight excluding hydrogens is 356 g/mol. The largest absolute Gasteiger partial charge is 0.495 e. The zero-order valence-electron chi connectivity index (χ0n) is 14.6. The number of alkyl halides is 1. The van der Waals surface area contributed by atoms with Gasteiger partial charge in [-0.1, -0.05) is 29.4 Å². The van der Waals surface area contributed by atoms with E-state index in [1.165, 1.54) is 0 Å². The molecule has 2 fully saturated rings. The Morgan fingerprint density at radius 2 is 2.17 bits per heavy atom. The summed E-state index contributed by atoms with van der Waals surface area (Å²) in [5.74, 6) is 1.75. The number of nitrogens with zero attached hydrogens (tertiary/aromatic N) is 1. The zero-order chi connectivity index (χ0) is 17.2. The number of ether oxygens (including phenoxy) is 1. The predicted molar refractivity (Wildman–Crippen MR) is 99.0 cm³/mol. The van der Waals surface area contributed by atoms with Crippen LogP contribution in [-0.2, 0) is 4.74 Å². The van der Waals surface area contributed by atoms with Crippen LogP contribution in [0.25, 0.3) is 0 Å². The lowest BCUT2D eigenvalue weighted by atomic mass is 9.73. The molecule has 0 bridgehead atoms. The molecule has 2 rings (SSSR count). The lowest BCUT2D eigenvalue weighted by molar-refractivity contribution is 0.109. The number of hydrogen-bond acceptors (Lipinski definition) is 4. The molecule has 4 nitrogen and oxygen atoms in total. The van der Waals surface area contributed by atoms with Crippen LogP contribution in [0, 0.1) is 11.8 Å². The number of hydrogen-bond donors (Lipinski definition) is 2. The third-order valence-corrected chi connectivity index (χ3v) is 6.00. The van der Waals surface area contributed by atoms with Gasteiger partial charge in [-0.25, -0.2) is 0 Å². The van der Waals surface area contributed by atoms with Crippen LogP contribution in [-0.4, -0.2) is 39.9 Å². The van der Waals surface area contributed by atoms with Gasteiger partial charge in [0.05, 0.1) is 17.9 Å². The lowest BCUT2D eigenvalue weighted by Gasteiger charge is -2.41. The van der Waals surface area contributed by atoms with E-state index in [-0.39, 0.29) is 24.1 Å². The first-order valence-corrected chi connectivity index (χ1v) is 9.58. The van der Waals surface area contributed by atoms with E-state index < -0.39 is 0 Å². The van der Waals surface area contributed by atoms with E-state index in [1.54, 1.807) is 0 Å². The van der Waals surface area contributed by atoms with Crippen molar-refractivity contribution in [1.82, 2.24) is 0 Å². The van der Waals surface area contributed by atoms with Crippen LogP contribution in [0.4, 0.5) is 0 Å². The van der Waals surface area contributed by atoms with Gasteiger partial charge in [-0.05, 0) is 45.4 Å². The minimum atomic E-state index is -0.236. The van der Waals surface area contributed by atoms with Gasteiger partial charge in [0.25, 0.3) is 0 Å². The zero-order valence-corrected chi connectivity index (χ0v) is 16.2. The normalized spacial score (nSPS) is 39.0. The van der Waals surface area contributed by atoms with Gasteiger partial charge < -0.3 is 15.6 Å². The summed E-state index contributed by atoms with van der Waals surface area (Å²) < 4.78 is 6.09. The topological polar surface area (TPSA) is 67.8 Å². The molecular formula is C18H31BrN2O2. The maximum atomic E-state index is 9.14. The van der Waals surface area contributed by atoms with E-state index in [0.29, 0.717) is 23.3 Å². The summed E-state index contributed by atoms with van der Waals surface area (Å²) in [4.78, 5) is 5.50. The summed E-state index contributed by atoms with van der Waals surface area (Å²) in [5.41, 5.74) is 6.65. The van der Waals surface area contributed by atoms with E-state index in [4.69, 9.17) is 20.6 Å². The first-order chi connectivity index (χ1) is 10.7. The Labute approximate surface area is 148 Å². The second-order valence-corrected chi connectivity index (χ2v) is 8.91. The number of nitrogens with two attached hydrogens (primary N) is 1. The quantitative estimate of drug-likeness (QED) is 0.400. The minimum Gasteiger partial charge on any atom is -0.495 e. The van der Waals surface area contributed by atoms with Gasteiger partial charge in [0.2, 0.25) is 0 Å². The Balaban J connectivity index is 2.10. The molecule has 132 valence electrons. The molecule has 3 unspecified atom stereocenters. The van der Waals surface area contributed by atoms with Crippen molar-refractivity contribution < 1.29 is 9.84 Å². The monoisotopic (exact) mass is 386 g/mol. The fraction of sp³-hybridized carbons (Fsp3) is 0.833. The molecule has 2 aliphatic carbocycles. The van der Waals surface area contributed by atoms with Crippen molar-refractivity contribution in [1.29, 1.82) is 0 Å². The van der Waals surface area contributed by atoms with Gasteiger partial charge in [-0.3, -0.25) is 4.99 Å². The second kappa shape index (κ2) is 7.66. The smallest absolute Gasteiger partial charge is 0.101 e. The molecule has 0 aromatic carbocycles. The molecule has 3 N–H and O–H groups in total. The van der Waals surface area contributed by atoms with Gasteiger partial charge in [0.1, 0.15) is 6.10 Å². The molecule has 6 atom stereocenters. The summed E-state index contributed by atoms with van der Waals surface area (Å²) in [6.45, 7) is 10.6. The van der Waals surface area contributed by atoms with E-state index in [0.717, 1.165) is 37.2 Å². The highest BCUT2D eigenvalue weighted by atomic mass is 79.9. The summed E-state index contributed by atoms with van der Waals surface area (Å²) in [5, 5.41) is 9.14. The third kappa shape index (κ3) is 5.04. The fourth-order valence-corrected chi connectivity index (χ4v) is 4.12. The molecule has 0 aliphatic heterocycles. The first kappa shape index (κ1) is 18.9. The summed E-state index contributed by atoms with van der Waals surface area (Å²) >= 11 is 3.76. The SMILES string of the molecule is C=C(O[C@@H]1C[C@H]1C)C1CC(Br)CC[C@@]1(C)N=C(C)CC(N)CO. The molecule has 0 saturated heterocycles. The summed E-state index contributed by atoms with van der Waals surface area (Å²) in [7, 11) is 0. The molecule has 23 heavy (non-hydrogen) atoms. The number of aliphatic hydroxyl groups is 1. The maximum absolute atomic E-state index is 9.14. The van der Waals surface area contributed by atoms with E-state index in [1.807, 2.05) is 6.92 Å². The number of rotatable bonds is 7. The van der Waals surface area contributed by atoms with Crippen molar-refractivity contribution in [2.75, 3.05) is 6.61 Å². The number of aliphatic hydroxyl groups excluding tert-OH is 1. The van der Waals surface area contributed by atoms with Crippen molar-refractivity contribution >= 4 is 21.6 Å². The van der Waals surface area contributed by atoms with Crippen molar-refractivity contribution in [3.8, 4) is 0 Å². The Hall–Kier alpha value is -0.390. The standard InChI is InChI=1S/C18H31BrN2O2/c1-11-7-17(11)23-13(3)16-9-14(19)5-6-18(16,4)21-12(2)8-15(20)10-22/h11,14-17,22H,3,5-10,20H2,1-2,4H3/t11-,14?,15?,16?,17-,18-/m1/s1. The van der Waals surface area contributed by atoms with Crippen molar-refractivity contribution in [2.45, 2.75) is 75.4 Å². The van der Waals surface area contributed by atoms with Crippen LogP contribution < -0.4 is 5.73 Å². The average molecular weight is 387 g/mol. The lowest BCUT2D eigenvalue weighted by Crippen LogP contribution is -2.41. The molecule has 0 spiro atoms. The van der Waals surface area contributed by atoms with Gasteiger partial charge in [-0.2, -0.15) is 0 Å². The molecule has 0 amide bonds. The summed E-state index contributed by atoms with van der Waals surface area (Å²) in [6, 6.07) is -0.236. The van der Waals surface area contributed by atoms with Crippen molar-refractivity contribution in [3.63, 3.8) is 0 Å². The van der Waals surface area contributed by atoms with Crippen molar-refractivity contribution in [2.24, 2.45) is 22.6 Å². The predicted octanol–water partition coefficient (Wildman–Crippen LogP) is 3.42. The van der Waals surface area contributed by atoms with Crippen LogP contribution in [0.5, 0.6) is 0 Å². The number of halogens is 1. The highest BCUT2D eigenvalue weighted by Gasteiger charge is 2.44. The molecule has 0 radical (unpaired) electrons. The molecule has 0 aromatic rings. The number of aliphatic imine (C=N–C) groups is 1. The van der Waals surface area contributed by atoms with E-state index >= 15 is 0 Å². The molecule has 5 heteroatoms. The van der Waals surface area contributed by atoms with Gasteiger partial charge >= 0.3 is 0 Å². The molecule has 0 aromatic heterocycles. The molecule has 0 heterocycles. The van der Waals surface area contributed by atoms with Gasteiger partial charge in [-0.15, -0.1) is 0 Å². The van der Waals surface area contributed by atoms with Crippen LogP contribution >= 0.6 is 15.9 Å².